The van der Waals surface area contributed by atoms with Gasteiger partial charge in [-0.1, -0.05) is 56.3 Å². The maximum atomic E-state index is 13.3. The summed E-state index contributed by atoms with van der Waals surface area (Å²) in [7, 11) is 1.55. The van der Waals surface area contributed by atoms with Gasteiger partial charge in [0.15, 0.2) is 0 Å². The summed E-state index contributed by atoms with van der Waals surface area (Å²) in [6.45, 7) is 5.84. The highest BCUT2D eigenvalue weighted by atomic mass is 16.5. The van der Waals surface area contributed by atoms with E-state index in [0.717, 1.165) is 5.56 Å². The first-order chi connectivity index (χ1) is 15.9. The molecule has 0 aliphatic carbocycles. The third-order valence-electron chi connectivity index (χ3n) is 5.89. The molecule has 0 aromatic heterocycles. The molecule has 3 amide bonds. The van der Waals surface area contributed by atoms with Gasteiger partial charge in [0.1, 0.15) is 11.8 Å². The molecule has 1 heterocycles. The Balaban J connectivity index is 1.63. The molecule has 0 spiro atoms. The highest BCUT2D eigenvalue weighted by Crippen LogP contribution is 2.20. The van der Waals surface area contributed by atoms with Crippen LogP contribution in [0.15, 0.2) is 54.6 Å². The highest BCUT2D eigenvalue weighted by molar-refractivity contribution is 5.97. The number of para-hydroxylation sites is 1. The minimum atomic E-state index is -0.599. The van der Waals surface area contributed by atoms with Crippen molar-refractivity contribution in [3.8, 4) is 5.75 Å². The number of ether oxygens (including phenoxy) is 1. The zero-order valence-corrected chi connectivity index (χ0v) is 19.6. The predicted octanol–water partition coefficient (Wildman–Crippen LogP) is 2.75. The van der Waals surface area contributed by atoms with Crippen LogP contribution in [-0.4, -0.2) is 66.9 Å². The predicted molar refractivity (Wildman–Crippen MR) is 127 cm³/mol. The van der Waals surface area contributed by atoms with Crippen molar-refractivity contribution in [2.45, 2.75) is 32.7 Å². The van der Waals surface area contributed by atoms with Gasteiger partial charge in [0, 0.05) is 26.2 Å². The van der Waals surface area contributed by atoms with Crippen LogP contribution in [-0.2, 0) is 16.0 Å². The van der Waals surface area contributed by atoms with Crippen molar-refractivity contribution >= 4 is 17.7 Å². The Kier molecular flexibility index (Phi) is 8.46. The molecule has 1 aliphatic heterocycles. The summed E-state index contributed by atoms with van der Waals surface area (Å²) in [5.41, 5.74) is 1.43. The van der Waals surface area contributed by atoms with Crippen molar-refractivity contribution < 1.29 is 19.1 Å². The molecular weight excluding hydrogens is 418 g/mol. The van der Waals surface area contributed by atoms with Gasteiger partial charge in [0.2, 0.25) is 11.8 Å². The molecular formula is C26H33N3O4. The average molecular weight is 452 g/mol. The molecule has 0 saturated carbocycles. The van der Waals surface area contributed by atoms with Crippen LogP contribution in [0, 0.1) is 5.92 Å². The van der Waals surface area contributed by atoms with E-state index >= 15 is 0 Å². The molecule has 1 aliphatic rings. The molecule has 1 atom stereocenters. The van der Waals surface area contributed by atoms with Gasteiger partial charge in [-0.25, -0.2) is 0 Å². The maximum absolute atomic E-state index is 13.3. The van der Waals surface area contributed by atoms with E-state index in [9.17, 15) is 14.4 Å². The van der Waals surface area contributed by atoms with Gasteiger partial charge in [-0.3, -0.25) is 14.4 Å². The van der Waals surface area contributed by atoms with Gasteiger partial charge in [0.05, 0.1) is 19.1 Å². The zero-order valence-electron chi connectivity index (χ0n) is 19.6. The second kappa shape index (κ2) is 11.5. The molecule has 0 radical (unpaired) electrons. The Labute approximate surface area is 195 Å². The molecule has 2 aromatic carbocycles. The first kappa shape index (κ1) is 24.3. The Hall–Kier alpha value is -3.35. The maximum Gasteiger partial charge on any atom is 0.257 e. The number of carbonyl (C=O) groups excluding carboxylic acids is 3. The number of benzene rings is 2. The van der Waals surface area contributed by atoms with Crippen LogP contribution in [0.2, 0.25) is 0 Å². The summed E-state index contributed by atoms with van der Waals surface area (Å²) in [5, 5.41) is 2.93. The normalized spacial score (nSPS) is 15.0. The monoisotopic (exact) mass is 451 g/mol. The largest absolute Gasteiger partial charge is 0.496 e. The lowest BCUT2D eigenvalue weighted by Crippen LogP contribution is -2.52. The van der Waals surface area contributed by atoms with Crippen molar-refractivity contribution in [3.05, 3.63) is 65.7 Å². The fraction of sp³-hybridized carbons (Fsp3) is 0.423. The van der Waals surface area contributed by atoms with Crippen LogP contribution in [0.25, 0.3) is 0 Å². The number of nitrogens with one attached hydrogen (secondary N) is 1. The van der Waals surface area contributed by atoms with Gasteiger partial charge < -0.3 is 19.9 Å². The molecule has 7 nitrogen and oxygen atoms in total. The van der Waals surface area contributed by atoms with Crippen molar-refractivity contribution in [2.24, 2.45) is 5.92 Å². The third-order valence-corrected chi connectivity index (χ3v) is 5.89. The lowest BCUT2D eigenvalue weighted by Gasteiger charge is -2.29. The average Bonchev–Trinajstić information content (AvgIpc) is 3.08. The van der Waals surface area contributed by atoms with Gasteiger partial charge in [0.25, 0.3) is 5.91 Å². The zero-order chi connectivity index (χ0) is 23.8. The molecule has 1 fully saturated rings. The van der Waals surface area contributed by atoms with Gasteiger partial charge in [-0.15, -0.1) is 0 Å². The molecule has 3 rings (SSSR count). The van der Waals surface area contributed by atoms with E-state index < -0.39 is 6.04 Å². The lowest BCUT2D eigenvalue weighted by atomic mass is 10.0. The Bertz CT molecular complexity index is 961. The SMILES string of the molecule is COc1ccccc1C(=O)N1CCCN(C(=O)C(NC(=O)Cc2ccccc2)C(C)C)CC1. The highest BCUT2D eigenvalue weighted by Gasteiger charge is 2.31. The smallest absolute Gasteiger partial charge is 0.257 e. The van der Waals surface area contributed by atoms with E-state index in [2.05, 4.69) is 5.32 Å². The number of nitrogens with zero attached hydrogens (tertiary/aromatic N) is 2. The van der Waals surface area contributed by atoms with Crippen LogP contribution in [0.3, 0.4) is 0 Å². The third kappa shape index (κ3) is 6.34. The summed E-state index contributed by atoms with van der Waals surface area (Å²) < 4.78 is 5.33. The number of amides is 3. The molecule has 176 valence electrons. The molecule has 2 aromatic rings. The first-order valence-corrected chi connectivity index (χ1v) is 11.4. The molecule has 7 heteroatoms. The first-order valence-electron chi connectivity index (χ1n) is 11.4. The van der Waals surface area contributed by atoms with Crippen molar-refractivity contribution in [3.63, 3.8) is 0 Å². The van der Waals surface area contributed by atoms with Crippen LogP contribution in [0.1, 0.15) is 36.2 Å². The van der Waals surface area contributed by atoms with Crippen molar-refractivity contribution in [2.75, 3.05) is 33.3 Å². The fourth-order valence-corrected chi connectivity index (χ4v) is 4.05. The summed E-state index contributed by atoms with van der Waals surface area (Å²) in [6.07, 6.45) is 0.911. The minimum absolute atomic E-state index is 0.0493. The summed E-state index contributed by atoms with van der Waals surface area (Å²) in [5.74, 6) is 0.125. The number of rotatable bonds is 7. The summed E-state index contributed by atoms with van der Waals surface area (Å²) in [6, 6.07) is 16.1. The summed E-state index contributed by atoms with van der Waals surface area (Å²) >= 11 is 0. The van der Waals surface area contributed by atoms with E-state index in [1.165, 1.54) is 0 Å². The van der Waals surface area contributed by atoms with Gasteiger partial charge >= 0.3 is 0 Å². The Morgan fingerprint density at radius 1 is 0.909 bits per heavy atom. The summed E-state index contributed by atoms with van der Waals surface area (Å²) in [4.78, 5) is 42.5. The number of methoxy groups -OCH3 is 1. The van der Waals surface area contributed by atoms with Gasteiger partial charge in [-0.2, -0.15) is 0 Å². The standard InChI is InChI=1S/C26H33N3O4/c1-19(2)24(27-23(30)18-20-10-5-4-6-11-20)26(32)29-15-9-14-28(16-17-29)25(31)21-12-7-8-13-22(21)33-3/h4-8,10-13,19,24H,9,14-18H2,1-3H3,(H,27,30). The second-order valence-electron chi connectivity index (χ2n) is 8.62. The van der Waals surface area contributed by atoms with E-state index in [1.807, 2.05) is 56.3 Å². The second-order valence-corrected chi connectivity index (χ2v) is 8.62. The number of carbonyl (C=O) groups is 3. The van der Waals surface area contributed by atoms with E-state index in [0.29, 0.717) is 43.9 Å². The number of hydrogen-bond donors (Lipinski definition) is 1. The Morgan fingerprint density at radius 3 is 2.24 bits per heavy atom. The van der Waals surface area contributed by atoms with Crippen molar-refractivity contribution in [1.29, 1.82) is 0 Å². The van der Waals surface area contributed by atoms with Crippen LogP contribution in [0.5, 0.6) is 5.75 Å². The van der Waals surface area contributed by atoms with E-state index in [-0.39, 0.29) is 30.1 Å². The van der Waals surface area contributed by atoms with E-state index in [4.69, 9.17) is 4.74 Å². The van der Waals surface area contributed by atoms with Crippen LogP contribution in [0.4, 0.5) is 0 Å². The van der Waals surface area contributed by atoms with Crippen LogP contribution >= 0.6 is 0 Å². The van der Waals surface area contributed by atoms with Crippen molar-refractivity contribution in [1.82, 2.24) is 15.1 Å². The fourth-order valence-electron chi connectivity index (χ4n) is 4.05. The number of hydrogen-bond acceptors (Lipinski definition) is 4. The topological polar surface area (TPSA) is 79.0 Å². The van der Waals surface area contributed by atoms with Gasteiger partial charge in [-0.05, 0) is 30.0 Å². The minimum Gasteiger partial charge on any atom is -0.496 e. The van der Waals surface area contributed by atoms with E-state index in [1.54, 1.807) is 29.0 Å². The Morgan fingerprint density at radius 2 is 1.55 bits per heavy atom. The molecule has 0 bridgehead atoms. The molecule has 1 N–H and O–H groups in total. The van der Waals surface area contributed by atoms with Crippen LogP contribution < -0.4 is 10.1 Å². The lowest BCUT2D eigenvalue weighted by molar-refractivity contribution is -0.137. The molecule has 33 heavy (non-hydrogen) atoms. The molecule has 1 unspecified atom stereocenters. The molecule has 1 saturated heterocycles. The quantitative estimate of drug-likeness (QED) is 0.702.